The molecule has 2 saturated heterocycles. The zero-order valence-corrected chi connectivity index (χ0v) is 17.8. The number of hydrogen-bond acceptors (Lipinski definition) is 7. The van der Waals surface area contributed by atoms with Gasteiger partial charge in [0.15, 0.2) is 12.2 Å². The molecule has 8 nitrogen and oxygen atoms in total. The smallest absolute Gasteiger partial charge is 0.407 e. The maximum absolute atomic E-state index is 12.3. The van der Waals surface area contributed by atoms with Crippen LogP contribution in [0.15, 0.2) is 41.3 Å². The van der Waals surface area contributed by atoms with Crippen molar-refractivity contribution in [2.24, 2.45) is 5.92 Å². The summed E-state index contributed by atoms with van der Waals surface area (Å²) in [7, 11) is 0. The summed E-state index contributed by atoms with van der Waals surface area (Å²) in [5.41, 5.74) is 2.04. The average molecular weight is 429 g/mol. The van der Waals surface area contributed by atoms with E-state index in [1.54, 1.807) is 6.20 Å². The second-order valence-electron chi connectivity index (χ2n) is 8.50. The molecule has 2 aliphatic rings. The molecule has 2 aliphatic heterocycles. The first-order valence-electron chi connectivity index (χ1n) is 11.2. The van der Waals surface area contributed by atoms with Crippen molar-refractivity contribution < 1.29 is 19.1 Å². The Hall–Kier alpha value is -2.42. The minimum Gasteiger partial charge on any atom is -0.444 e. The molecule has 1 amide bonds. The molecule has 3 heterocycles. The topological polar surface area (TPSA) is 109 Å². The molecule has 2 aromatic rings. The van der Waals surface area contributed by atoms with Gasteiger partial charge in [-0.2, -0.15) is 0 Å². The van der Waals surface area contributed by atoms with Crippen molar-refractivity contribution in [2.75, 3.05) is 26.2 Å². The van der Waals surface area contributed by atoms with Gasteiger partial charge in [0.25, 0.3) is 0 Å². The number of nitrogens with zero attached hydrogens (tertiary/aromatic N) is 1. The Morgan fingerprint density at radius 3 is 2.94 bits per heavy atom. The Morgan fingerprint density at radius 1 is 1.26 bits per heavy atom. The first-order valence-corrected chi connectivity index (χ1v) is 11.2. The van der Waals surface area contributed by atoms with Crippen LogP contribution in [0, 0.1) is 5.92 Å². The van der Waals surface area contributed by atoms with Crippen LogP contribution in [0.1, 0.15) is 31.2 Å². The van der Waals surface area contributed by atoms with Crippen LogP contribution in [-0.4, -0.2) is 60.6 Å². The number of alkyl carbamates (subject to hydrolysis) is 1. The van der Waals surface area contributed by atoms with Gasteiger partial charge in [-0.1, -0.05) is 30.7 Å². The van der Waals surface area contributed by atoms with E-state index >= 15 is 0 Å². The van der Waals surface area contributed by atoms with Crippen LogP contribution in [0.5, 0.6) is 0 Å². The number of benzene rings is 1. The lowest BCUT2D eigenvalue weighted by molar-refractivity contribution is 0.0189. The second kappa shape index (κ2) is 10.7. The first kappa shape index (κ1) is 21.8. The summed E-state index contributed by atoms with van der Waals surface area (Å²) < 4.78 is 10.9. The zero-order chi connectivity index (χ0) is 21.5. The van der Waals surface area contributed by atoms with Gasteiger partial charge in [-0.3, -0.25) is 0 Å². The molecular formula is C23H32N4O4. The number of nitrogens with one attached hydrogen (secondary N) is 3. The van der Waals surface area contributed by atoms with Crippen LogP contribution < -0.4 is 16.0 Å². The number of amides is 1. The molecule has 4 atom stereocenters. The third-order valence-corrected chi connectivity index (χ3v) is 6.21. The predicted octanol–water partition coefficient (Wildman–Crippen LogP) is 2.09. The van der Waals surface area contributed by atoms with Crippen LogP contribution in [0.3, 0.4) is 0 Å². The van der Waals surface area contributed by atoms with Gasteiger partial charge < -0.3 is 30.2 Å². The van der Waals surface area contributed by atoms with Gasteiger partial charge in [0.05, 0.1) is 12.2 Å². The first-order chi connectivity index (χ1) is 15.2. The largest absolute Gasteiger partial charge is 0.444 e. The van der Waals surface area contributed by atoms with Gasteiger partial charge in [0, 0.05) is 18.7 Å². The number of rotatable bonds is 7. The zero-order valence-electron chi connectivity index (χ0n) is 17.8. The number of ether oxygens (including phenoxy) is 1. The Kier molecular flexibility index (Phi) is 7.56. The minimum atomic E-state index is -0.713. The number of carbonyl (C=O) groups excluding carboxylic acids is 1. The lowest BCUT2D eigenvalue weighted by Gasteiger charge is -2.22. The fourth-order valence-electron chi connectivity index (χ4n) is 4.42. The number of aromatic nitrogens is 1. The lowest BCUT2D eigenvalue weighted by Crippen LogP contribution is -2.42. The molecule has 0 spiro atoms. The molecule has 0 radical (unpaired) electrons. The van der Waals surface area contributed by atoms with Crippen molar-refractivity contribution in [3.8, 4) is 11.3 Å². The Morgan fingerprint density at radius 2 is 2.13 bits per heavy atom. The fourth-order valence-corrected chi connectivity index (χ4v) is 4.42. The molecule has 2 fully saturated rings. The molecule has 1 aromatic carbocycles. The molecule has 168 valence electrons. The predicted molar refractivity (Wildman–Crippen MR) is 117 cm³/mol. The molecule has 0 aliphatic carbocycles. The highest BCUT2D eigenvalue weighted by Gasteiger charge is 2.37. The quantitative estimate of drug-likeness (QED) is 0.535. The minimum absolute atomic E-state index is 0.136. The highest BCUT2D eigenvalue weighted by Crippen LogP contribution is 2.22. The molecule has 0 bridgehead atoms. The van der Waals surface area contributed by atoms with Gasteiger partial charge >= 0.3 is 6.09 Å². The second-order valence-corrected chi connectivity index (χ2v) is 8.50. The summed E-state index contributed by atoms with van der Waals surface area (Å²) in [5.74, 6) is 1.31. The highest BCUT2D eigenvalue weighted by atomic mass is 16.6. The number of oxazole rings is 1. The number of aliphatic hydroxyl groups excluding tert-OH is 1. The van der Waals surface area contributed by atoms with E-state index in [0.29, 0.717) is 25.4 Å². The Bertz CT molecular complexity index is 803. The normalized spacial score (nSPS) is 26.4. The third-order valence-electron chi connectivity index (χ3n) is 6.21. The van der Waals surface area contributed by atoms with E-state index in [4.69, 9.17) is 9.15 Å². The molecule has 0 unspecified atom stereocenters. The monoisotopic (exact) mass is 428 g/mol. The maximum Gasteiger partial charge on any atom is 0.407 e. The van der Waals surface area contributed by atoms with Crippen LogP contribution in [0.4, 0.5) is 4.79 Å². The molecule has 0 saturated carbocycles. The number of carbonyl (C=O) groups is 1. The number of hydrogen-bond donors (Lipinski definition) is 4. The van der Waals surface area contributed by atoms with Gasteiger partial charge in [-0.15, -0.1) is 0 Å². The van der Waals surface area contributed by atoms with Gasteiger partial charge in [0.2, 0.25) is 0 Å². The van der Waals surface area contributed by atoms with Crippen molar-refractivity contribution >= 4 is 6.09 Å². The van der Waals surface area contributed by atoms with Crippen molar-refractivity contribution in [1.29, 1.82) is 0 Å². The van der Waals surface area contributed by atoms with Crippen LogP contribution in [0.25, 0.3) is 11.3 Å². The molecule has 1 aromatic heterocycles. The highest BCUT2D eigenvalue weighted by molar-refractivity contribution is 5.67. The van der Waals surface area contributed by atoms with E-state index in [9.17, 15) is 9.90 Å². The average Bonchev–Trinajstić information content (AvgIpc) is 3.34. The maximum atomic E-state index is 12.3. The lowest BCUT2D eigenvalue weighted by atomic mass is 10.00. The molecule has 4 rings (SSSR count). The Labute approximate surface area is 182 Å². The third kappa shape index (κ3) is 6.06. The summed E-state index contributed by atoms with van der Waals surface area (Å²) >= 11 is 0. The van der Waals surface area contributed by atoms with E-state index in [1.807, 2.05) is 24.3 Å². The van der Waals surface area contributed by atoms with Crippen molar-refractivity contribution in [3.63, 3.8) is 0 Å². The van der Waals surface area contributed by atoms with Crippen molar-refractivity contribution in [3.05, 3.63) is 42.4 Å². The fraction of sp³-hybridized carbons (Fsp3) is 0.565. The van der Waals surface area contributed by atoms with Gasteiger partial charge in [-0.25, -0.2) is 9.78 Å². The van der Waals surface area contributed by atoms with E-state index in [2.05, 4.69) is 20.9 Å². The summed E-state index contributed by atoms with van der Waals surface area (Å²) in [6.45, 7) is 3.10. The molecule has 8 heteroatoms. The summed E-state index contributed by atoms with van der Waals surface area (Å²) in [4.78, 5) is 16.3. The molecule has 31 heavy (non-hydrogen) atoms. The van der Waals surface area contributed by atoms with Gasteiger partial charge in [0.1, 0.15) is 12.2 Å². The van der Waals surface area contributed by atoms with Crippen molar-refractivity contribution in [2.45, 2.75) is 50.4 Å². The van der Waals surface area contributed by atoms with Crippen LogP contribution >= 0.6 is 0 Å². The number of β-amino-alcohol motifs (C(OH)–C–C–N with tert-alkyl or cyclic N) is 1. The van der Waals surface area contributed by atoms with Crippen molar-refractivity contribution in [1.82, 2.24) is 20.9 Å². The molecular weight excluding hydrogens is 396 g/mol. The van der Waals surface area contributed by atoms with Crippen LogP contribution in [0.2, 0.25) is 0 Å². The number of aliphatic hydroxyl groups is 1. The summed E-state index contributed by atoms with van der Waals surface area (Å²) in [5, 5.41) is 19.9. The Balaban J connectivity index is 1.25. The van der Waals surface area contributed by atoms with Gasteiger partial charge in [-0.05, 0) is 50.3 Å². The van der Waals surface area contributed by atoms with E-state index in [0.717, 1.165) is 36.4 Å². The van der Waals surface area contributed by atoms with E-state index < -0.39 is 18.3 Å². The summed E-state index contributed by atoms with van der Waals surface area (Å²) in [6.07, 6.45) is 6.60. The van der Waals surface area contributed by atoms with E-state index in [-0.39, 0.29) is 6.04 Å². The summed E-state index contributed by atoms with van der Waals surface area (Å²) in [6, 6.07) is 7.85. The van der Waals surface area contributed by atoms with Crippen LogP contribution in [-0.2, 0) is 11.2 Å². The SMILES string of the molecule is O=C(NCC[C@H]1CCCCNC1)O[C@@H]1[C@@H](O)CN[C@@H]1Cc1ccc(-c2cnco2)cc1. The standard InChI is InChI=1S/C23H32N4O4/c28-20-13-27-19(11-16-4-6-18(7-5-16)21-14-25-15-30-21)22(20)31-23(29)26-10-8-17-3-1-2-9-24-12-17/h4-7,14-15,17,19-20,22,24,27-28H,1-3,8-13H2,(H,26,29)/t17-,19-,20+,22+/m1/s1. The van der Waals surface area contributed by atoms with E-state index in [1.165, 1.54) is 25.7 Å². The molecule has 4 N–H and O–H groups in total.